The molecule has 4 aromatic heterocycles. The molecule has 10 aromatic rings. The number of benzene rings is 6. The van der Waals surface area contributed by atoms with Gasteiger partial charge in [0.15, 0.2) is 28.9 Å². The predicted molar refractivity (Wildman–Crippen MR) is 215 cm³/mol. The van der Waals surface area contributed by atoms with E-state index in [-0.39, 0.29) is 17.3 Å². The Bertz CT molecular complexity index is 3140. The number of aromatic nitrogens is 6. The van der Waals surface area contributed by atoms with Crippen LogP contribution in [0.4, 0.5) is 17.6 Å². The molecule has 14 heteroatoms. The molecule has 0 N–H and O–H groups in total. The molecule has 10 rings (SSSR count). The molecule has 9 nitrogen and oxygen atoms in total. The fraction of sp³-hybridized carbons (Fsp3) is 0.0222. The minimum atomic E-state index is -0.731. The van der Waals surface area contributed by atoms with E-state index in [1.807, 2.05) is 48.5 Å². The van der Waals surface area contributed by atoms with Gasteiger partial charge in [-0.2, -0.15) is 10.2 Å². The summed E-state index contributed by atoms with van der Waals surface area (Å²) in [6.45, 7) is 0. The van der Waals surface area contributed by atoms with E-state index in [1.165, 1.54) is 54.4 Å². The molecule has 0 aliphatic carbocycles. The number of fused-ring (bicyclic) bond motifs is 2. The quantitative estimate of drug-likeness (QED) is 0.148. The van der Waals surface area contributed by atoms with Crippen molar-refractivity contribution >= 4 is 33.4 Å². The minimum absolute atomic E-state index is 0.115. The highest BCUT2D eigenvalue weighted by molar-refractivity contribution is 6.32. The van der Waals surface area contributed by atoms with Gasteiger partial charge in [0.25, 0.3) is 0 Å². The van der Waals surface area contributed by atoms with Crippen LogP contribution in [0.3, 0.4) is 0 Å². The van der Waals surface area contributed by atoms with Gasteiger partial charge in [-0.25, -0.2) is 26.9 Å². The van der Waals surface area contributed by atoms with Gasteiger partial charge in [-0.05, 0) is 103 Å². The maximum atomic E-state index is 14.3. The van der Waals surface area contributed by atoms with E-state index < -0.39 is 17.5 Å². The fourth-order valence-electron chi connectivity index (χ4n) is 6.73. The maximum Gasteiger partial charge on any atom is 0.174 e. The zero-order valence-electron chi connectivity index (χ0n) is 30.7. The Morgan fingerprint density at radius 1 is 0.525 bits per heavy atom. The predicted octanol–water partition coefficient (Wildman–Crippen LogP) is 11.9. The van der Waals surface area contributed by atoms with Gasteiger partial charge in [0.05, 0.1) is 52.4 Å². The summed E-state index contributed by atoms with van der Waals surface area (Å²) in [7, 11) is 1.39. The van der Waals surface area contributed by atoms with E-state index in [2.05, 4.69) is 20.5 Å². The zero-order valence-corrected chi connectivity index (χ0v) is 31.4. The third-order valence-corrected chi connectivity index (χ3v) is 9.89. The van der Waals surface area contributed by atoms with Gasteiger partial charge >= 0.3 is 0 Å². The summed E-state index contributed by atoms with van der Waals surface area (Å²) < 4.78 is 74.2. The van der Waals surface area contributed by atoms with Crippen LogP contribution in [0.25, 0.3) is 78.3 Å². The summed E-state index contributed by atoms with van der Waals surface area (Å²) >= 11 is 6.35. The van der Waals surface area contributed by atoms with Gasteiger partial charge < -0.3 is 13.8 Å². The number of methoxy groups -OCH3 is 1. The number of hydrogen-bond donors (Lipinski definition) is 0. The molecule has 0 saturated carbocycles. The molecule has 4 heterocycles. The molecular formula is C45H27ClF4N6O3. The lowest BCUT2D eigenvalue weighted by Gasteiger charge is -2.09. The molecule has 0 radical (unpaired) electrons. The molecule has 0 bridgehead atoms. The molecule has 0 amide bonds. The molecule has 0 atom stereocenters. The summed E-state index contributed by atoms with van der Waals surface area (Å²) in [5.41, 5.74) is 6.60. The van der Waals surface area contributed by atoms with Crippen LogP contribution < -0.4 is 4.74 Å². The third kappa shape index (κ3) is 7.08. The minimum Gasteiger partial charge on any atom is -0.494 e. The lowest BCUT2D eigenvalue weighted by Crippen LogP contribution is -2.02. The number of para-hydroxylation sites is 1. The van der Waals surface area contributed by atoms with Crippen LogP contribution in [0.15, 0.2) is 155 Å². The number of rotatable bonds is 7. The van der Waals surface area contributed by atoms with Crippen molar-refractivity contribution in [3.8, 4) is 62.3 Å². The smallest absolute Gasteiger partial charge is 0.174 e. The lowest BCUT2D eigenvalue weighted by atomic mass is 10.0. The largest absolute Gasteiger partial charge is 0.494 e. The van der Waals surface area contributed by atoms with Crippen molar-refractivity contribution in [1.29, 1.82) is 0 Å². The fourth-order valence-corrected chi connectivity index (χ4v) is 6.95. The first-order valence-electron chi connectivity index (χ1n) is 17.9. The summed E-state index contributed by atoms with van der Waals surface area (Å²) in [6, 6.07) is 36.3. The van der Waals surface area contributed by atoms with Crippen molar-refractivity contribution in [3.63, 3.8) is 0 Å². The Morgan fingerprint density at radius 3 is 1.68 bits per heavy atom. The second kappa shape index (κ2) is 15.4. The van der Waals surface area contributed by atoms with Crippen molar-refractivity contribution in [2.24, 2.45) is 0 Å². The Hall–Kier alpha value is -7.51. The molecule has 0 unspecified atom stereocenters. The molecule has 59 heavy (non-hydrogen) atoms. The highest BCUT2D eigenvalue weighted by Crippen LogP contribution is 2.36. The van der Waals surface area contributed by atoms with Gasteiger partial charge in [0.1, 0.15) is 28.4 Å². The lowest BCUT2D eigenvalue weighted by molar-refractivity contribution is 0.386. The van der Waals surface area contributed by atoms with Gasteiger partial charge in [-0.3, -0.25) is 0 Å². The van der Waals surface area contributed by atoms with E-state index in [0.717, 1.165) is 39.5 Å². The van der Waals surface area contributed by atoms with Gasteiger partial charge in [-0.1, -0.05) is 46.2 Å². The van der Waals surface area contributed by atoms with E-state index in [1.54, 1.807) is 53.3 Å². The maximum absolute atomic E-state index is 14.3. The summed E-state index contributed by atoms with van der Waals surface area (Å²) in [5, 5.41) is 18.9. The second-order valence-electron chi connectivity index (χ2n) is 13.1. The summed E-state index contributed by atoms with van der Waals surface area (Å²) in [4.78, 5) is 0. The van der Waals surface area contributed by atoms with Crippen molar-refractivity contribution in [2.75, 3.05) is 7.11 Å². The molecule has 0 aliphatic rings. The van der Waals surface area contributed by atoms with Crippen LogP contribution in [0, 0.1) is 23.3 Å². The highest BCUT2D eigenvalue weighted by Gasteiger charge is 2.18. The van der Waals surface area contributed by atoms with Crippen LogP contribution in [0.1, 0.15) is 0 Å². The molecule has 0 fully saturated rings. The average Bonchev–Trinajstić information content (AvgIpc) is 4.08. The van der Waals surface area contributed by atoms with Crippen LogP contribution >= 0.6 is 11.6 Å². The topological polar surface area (TPSA) is 96.9 Å². The molecule has 0 saturated heterocycles. The van der Waals surface area contributed by atoms with Crippen LogP contribution in [-0.4, -0.2) is 37.0 Å². The monoisotopic (exact) mass is 810 g/mol. The van der Waals surface area contributed by atoms with Crippen molar-refractivity contribution in [2.45, 2.75) is 0 Å². The second-order valence-corrected chi connectivity index (χ2v) is 13.6. The molecule has 290 valence electrons. The Kier molecular flexibility index (Phi) is 9.71. The number of nitrogens with zero attached hydrogens (tertiary/aromatic N) is 6. The number of hydrogen-bond acceptors (Lipinski definition) is 7. The normalized spacial score (nSPS) is 11.2. The van der Waals surface area contributed by atoms with Gasteiger partial charge in [-0.15, -0.1) is 0 Å². The van der Waals surface area contributed by atoms with Crippen LogP contribution in [-0.2, 0) is 0 Å². The molecule has 6 aromatic carbocycles. The van der Waals surface area contributed by atoms with Crippen molar-refractivity contribution < 1.29 is 31.3 Å². The van der Waals surface area contributed by atoms with E-state index in [0.29, 0.717) is 44.3 Å². The van der Waals surface area contributed by atoms with Crippen LogP contribution in [0.5, 0.6) is 5.75 Å². The van der Waals surface area contributed by atoms with E-state index in [4.69, 9.17) is 25.4 Å². The van der Waals surface area contributed by atoms with Gasteiger partial charge in [0.2, 0.25) is 0 Å². The highest BCUT2D eigenvalue weighted by atomic mass is 35.5. The Morgan fingerprint density at radius 2 is 1.08 bits per heavy atom. The van der Waals surface area contributed by atoms with Crippen LogP contribution in [0.2, 0.25) is 5.02 Å². The van der Waals surface area contributed by atoms with E-state index >= 15 is 0 Å². The first kappa shape index (κ1) is 37.1. The SMILES string of the molecule is COc1ccc(-c2onc3ccc(-c4ccnn4-c4ccc(F)cc4F)cc23)cc1F.Fc1ccc(-c2onc3ccc(-c4ccnn4-c4ccccc4Cl)cc23)cc1. The first-order valence-corrected chi connectivity index (χ1v) is 18.3. The molecule has 0 aliphatic heterocycles. The zero-order chi connectivity index (χ0) is 40.6. The molecular weight excluding hydrogens is 784 g/mol. The van der Waals surface area contributed by atoms with E-state index in [9.17, 15) is 17.6 Å². The number of halogens is 5. The molecule has 0 spiro atoms. The Balaban J connectivity index is 0.000000153. The Labute approximate surface area is 337 Å². The van der Waals surface area contributed by atoms with Crippen molar-refractivity contribution in [3.05, 3.63) is 174 Å². The van der Waals surface area contributed by atoms with Gasteiger partial charge in [0, 0.05) is 28.3 Å². The third-order valence-electron chi connectivity index (χ3n) is 9.57. The first-order chi connectivity index (χ1) is 28.7. The summed E-state index contributed by atoms with van der Waals surface area (Å²) in [6.07, 6.45) is 3.26. The summed E-state index contributed by atoms with van der Waals surface area (Å²) in [5.74, 6) is -1.11. The number of ether oxygens (including phenoxy) is 1. The standard InChI is InChI=1S/C23H14F3N3O2.C22H13ClFN3O/c1-30-22-7-3-14(11-18(22)26)23-16-10-13(2-5-19(16)28-31-23)20-8-9-27-29(20)21-6-4-15(24)12-17(21)25;23-18-3-1-2-4-21(18)27-20(11-12-25-27)15-7-10-19-17(13-15)22(28-26-19)14-5-8-16(24)9-6-14/h2-12H,1H3;1-13H. The average molecular weight is 811 g/mol. The van der Waals surface area contributed by atoms with Crippen molar-refractivity contribution in [1.82, 2.24) is 29.9 Å².